The minimum absolute atomic E-state index is 0.00766. The molecule has 3 heterocycles. The van der Waals surface area contributed by atoms with E-state index < -0.39 is 47.4 Å². The van der Waals surface area contributed by atoms with Gasteiger partial charge in [0.05, 0.1) is 6.61 Å². The van der Waals surface area contributed by atoms with Crippen LogP contribution in [0.1, 0.15) is 6.92 Å². The van der Waals surface area contributed by atoms with Crippen LogP contribution in [0.15, 0.2) is 22.4 Å². The molecule has 1 fully saturated rings. The molecule has 10 nitrogen and oxygen atoms in total. The molecule has 0 aromatic heterocycles. The van der Waals surface area contributed by atoms with Crippen molar-refractivity contribution in [1.82, 2.24) is 10.2 Å². The van der Waals surface area contributed by atoms with E-state index in [0.29, 0.717) is 23.7 Å². The number of alkyl halides is 3. The zero-order valence-electron chi connectivity index (χ0n) is 15.8. The number of carboxylic acid groups (broad SMARTS) is 2. The van der Waals surface area contributed by atoms with E-state index in [2.05, 4.69) is 5.32 Å². The molecule has 3 aliphatic rings. The van der Waals surface area contributed by atoms with E-state index in [1.807, 2.05) is 0 Å². The van der Waals surface area contributed by atoms with E-state index in [4.69, 9.17) is 20.4 Å². The highest BCUT2D eigenvalue weighted by Gasteiger charge is 2.54. The molecular weight excluding hydrogens is 467 g/mol. The van der Waals surface area contributed by atoms with Gasteiger partial charge in [0.15, 0.2) is 0 Å². The molecule has 2 amide bonds. The number of carbonyl (C=O) groups excluding carboxylic acids is 2. The molecule has 15 heteroatoms. The number of hydrogen-bond donors (Lipinski definition) is 4. The van der Waals surface area contributed by atoms with Crippen LogP contribution in [0.25, 0.3) is 0 Å². The number of fused-ring (bicyclic) bond motifs is 1. The molecule has 0 aromatic carbocycles. The van der Waals surface area contributed by atoms with Crippen LogP contribution < -0.4 is 11.1 Å². The lowest BCUT2D eigenvalue weighted by Gasteiger charge is -2.49. The van der Waals surface area contributed by atoms with Crippen LogP contribution in [-0.2, 0) is 23.9 Å². The number of rotatable bonds is 4. The number of carboxylic acids is 2. The first-order valence-corrected chi connectivity index (χ1v) is 10.6. The second kappa shape index (κ2) is 9.82. The quantitative estimate of drug-likeness (QED) is 0.408. The molecule has 3 rings (SSSR count). The number of amides is 2. The highest BCUT2D eigenvalue weighted by atomic mass is 32.2. The van der Waals surface area contributed by atoms with Gasteiger partial charge in [0, 0.05) is 16.9 Å². The Labute approximate surface area is 182 Å². The molecular formula is C16H18F3N3O7S2. The maximum absolute atomic E-state index is 12.3. The second-order valence-corrected chi connectivity index (χ2v) is 8.43. The lowest BCUT2D eigenvalue weighted by molar-refractivity contribution is -0.192. The van der Waals surface area contributed by atoms with Crippen LogP contribution >= 0.6 is 23.5 Å². The normalized spacial score (nSPS) is 23.8. The fraction of sp³-hybridized carbons (Fsp3) is 0.500. The zero-order valence-corrected chi connectivity index (χ0v) is 17.5. The van der Waals surface area contributed by atoms with Crippen LogP contribution in [0.3, 0.4) is 0 Å². The molecule has 0 spiro atoms. The van der Waals surface area contributed by atoms with Gasteiger partial charge in [-0.1, -0.05) is 0 Å². The summed E-state index contributed by atoms with van der Waals surface area (Å²) in [4.78, 5) is 46.0. The Morgan fingerprint density at radius 2 is 1.97 bits per heavy atom. The van der Waals surface area contributed by atoms with Crippen molar-refractivity contribution in [2.45, 2.75) is 30.6 Å². The summed E-state index contributed by atoms with van der Waals surface area (Å²) in [6.45, 7) is 2.17. The molecule has 5 N–H and O–H groups in total. The van der Waals surface area contributed by atoms with Gasteiger partial charge in [-0.2, -0.15) is 13.2 Å². The second-order valence-electron chi connectivity index (χ2n) is 6.35. The topological polar surface area (TPSA) is 159 Å². The van der Waals surface area contributed by atoms with Crippen molar-refractivity contribution in [3.8, 4) is 0 Å². The predicted molar refractivity (Wildman–Crippen MR) is 104 cm³/mol. The monoisotopic (exact) mass is 485 g/mol. The van der Waals surface area contributed by atoms with Gasteiger partial charge in [-0.15, -0.1) is 23.5 Å². The number of halogens is 3. The third-order valence-electron chi connectivity index (χ3n) is 4.16. The third kappa shape index (κ3) is 5.65. The number of nitrogens with one attached hydrogen (secondary N) is 1. The number of carbonyl (C=O) groups is 4. The Hall–Kier alpha value is -2.39. The molecule has 0 saturated carbocycles. The summed E-state index contributed by atoms with van der Waals surface area (Å²) in [5, 5.41) is 20.3. The number of thioether (sulfide) groups is 2. The number of nitrogens with zero attached hydrogens (tertiary/aromatic N) is 1. The fourth-order valence-corrected chi connectivity index (χ4v) is 4.66. The summed E-state index contributed by atoms with van der Waals surface area (Å²) in [6, 6.07) is -1.75. The minimum atomic E-state index is -5.08. The fourth-order valence-electron chi connectivity index (χ4n) is 2.69. The Morgan fingerprint density at radius 3 is 2.45 bits per heavy atom. The summed E-state index contributed by atoms with van der Waals surface area (Å²) in [5.74, 6) is -3.15. The van der Waals surface area contributed by atoms with Gasteiger partial charge in [0.25, 0.3) is 5.91 Å². The van der Waals surface area contributed by atoms with E-state index in [1.54, 1.807) is 12.3 Å². The number of hydrogen-bond acceptors (Lipinski definition) is 8. The first-order valence-electron chi connectivity index (χ1n) is 8.54. The summed E-state index contributed by atoms with van der Waals surface area (Å²) in [5.41, 5.74) is 6.52. The number of β-lactam (4-membered cyclic amide) rings is 1. The van der Waals surface area contributed by atoms with Crippen molar-refractivity contribution >= 4 is 47.3 Å². The molecule has 0 radical (unpaired) electrons. The summed E-state index contributed by atoms with van der Waals surface area (Å²) >= 11 is 2.93. The van der Waals surface area contributed by atoms with Gasteiger partial charge in [-0.3, -0.25) is 14.5 Å². The van der Waals surface area contributed by atoms with E-state index in [-0.39, 0.29) is 5.70 Å². The zero-order chi connectivity index (χ0) is 23.5. The van der Waals surface area contributed by atoms with Crippen LogP contribution in [0.2, 0.25) is 0 Å². The lowest BCUT2D eigenvalue weighted by Crippen LogP contribution is -2.71. The van der Waals surface area contributed by atoms with Crippen molar-refractivity contribution < 1.29 is 47.3 Å². The number of ether oxygens (including phenoxy) is 1. The first-order chi connectivity index (χ1) is 14.4. The number of aliphatic carboxylic acids is 2. The Morgan fingerprint density at radius 1 is 1.35 bits per heavy atom. The molecule has 31 heavy (non-hydrogen) atoms. The van der Waals surface area contributed by atoms with Gasteiger partial charge in [-0.25, -0.2) is 9.59 Å². The Bertz CT molecular complexity index is 847. The lowest BCUT2D eigenvalue weighted by atomic mass is 10.0. The van der Waals surface area contributed by atoms with Gasteiger partial charge in [-0.05, 0) is 12.5 Å². The van der Waals surface area contributed by atoms with E-state index in [0.717, 1.165) is 5.75 Å². The molecule has 0 aliphatic carbocycles. The molecule has 3 unspecified atom stereocenters. The van der Waals surface area contributed by atoms with E-state index in [9.17, 15) is 32.7 Å². The molecule has 3 aliphatic heterocycles. The highest BCUT2D eigenvalue weighted by Crippen LogP contribution is 2.40. The maximum atomic E-state index is 12.3. The Balaban J connectivity index is 0.000000423. The molecule has 0 bridgehead atoms. The first kappa shape index (κ1) is 24.9. The van der Waals surface area contributed by atoms with Crippen molar-refractivity contribution in [1.29, 1.82) is 0 Å². The van der Waals surface area contributed by atoms with Crippen molar-refractivity contribution in [3.63, 3.8) is 0 Å². The van der Waals surface area contributed by atoms with Crippen LogP contribution in [-0.4, -0.2) is 80.6 Å². The van der Waals surface area contributed by atoms with Gasteiger partial charge < -0.3 is 26.0 Å². The average Bonchev–Trinajstić information content (AvgIpc) is 2.71. The summed E-state index contributed by atoms with van der Waals surface area (Å²) in [6.07, 6.45) is -5.08. The minimum Gasteiger partial charge on any atom is -0.494 e. The smallest absolute Gasteiger partial charge is 0.490 e. The largest absolute Gasteiger partial charge is 0.494 e. The predicted octanol–water partition coefficient (Wildman–Crippen LogP) is 0.310. The Kier molecular flexibility index (Phi) is 7.88. The van der Waals surface area contributed by atoms with Crippen LogP contribution in [0.4, 0.5) is 13.2 Å². The molecule has 172 valence electrons. The highest BCUT2D eigenvalue weighted by molar-refractivity contribution is 8.02. The maximum Gasteiger partial charge on any atom is 0.490 e. The van der Waals surface area contributed by atoms with Gasteiger partial charge in [0.2, 0.25) is 5.91 Å². The third-order valence-corrected chi connectivity index (χ3v) is 6.39. The molecule has 0 aromatic rings. The van der Waals surface area contributed by atoms with Crippen molar-refractivity contribution in [3.05, 3.63) is 22.4 Å². The standard InChI is InChI=1S/C14H17N3O5S2.C2HF3O2/c1-6-4-24-13-9(12(19)17(13)10(6)14(20)21)16-11(18)8(15)7-5-23-3-2-22-7;3-2(4,5)1(6)7/h5,8-9,13H,2-4,15H2,1H3,(H,16,18)(H,20,21);(H,6,7). The van der Waals surface area contributed by atoms with E-state index in [1.165, 1.54) is 28.4 Å². The number of nitrogens with two attached hydrogens (primary N) is 1. The van der Waals surface area contributed by atoms with E-state index >= 15 is 0 Å². The molecule has 3 atom stereocenters. The SMILES string of the molecule is CC1=C(C(=O)O)N2C(=O)C(NC(=O)C(N)C3=CSCCO3)C2SC1.O=C(O)C(F)(F)F. The summed E-state index contributed by atoms with van der Waals surface area (Å²) < 4.78 is 37.1. The van der Waals surface area contributed by atoms with Crippen LogP contribution in [0, 0.1) is 0 Å². The van der Waals surface area contributed by atoms with Crippen LogP contribution in [0.5, 0.6) is 0 Å². The summed E-state index contributed by atoms with van der Waals surface area (Å²) in [7, 11) is 0. The van der Waals surface area contributed by atoms with Gasteiger partial charge >= 0.3 is 18.1 Å². The average molecular weight is 485 g/mol. The molecule has 1 saturated heterocycles. The van der Waals surface area contributed by atoms with Gasteiger partial charge in [0.1, 0.15) is 28.9 Å². The van der Waals surface area contributed by atoms with Crippen molar-refractivity contribution in [2.24, 2.45) is 5.73 Å². The van der Waals surface area contributed by atoms with Crippen molar-refractivity contribution in [2.75, 3.05) is 18.1 Å².